The van der Waals surface area contributed by atoms with E-state index < -0.39 is 0 Å². The van der Waals surface area contributed by atoms with Crippen LogP contribution >= 0.6 is 0 Å². The number of anilines is 1. The molecule has 140 valence electrons. The van der Waals surface area contributed by atoms with Gasteiger partial charge in [0.1, 0.15) is 0 Å². The molecule has 0 unspecified atom stereocenters. The van der Waals surface area contributed by atoms with Gasteiger partial charge in [-0.1, -0.05) is 66.2 Å². The lowest BCUT2D eigenvalue weighted by molar-refractivity contribution is 0.252. The summed E-state index contributed by atoms with van der Waals surface area (Å²) in [6.07, 6.45) is 2.04. The Morgan fingerprint density at radius 3 is 2.43 bits per heavy atom. The smallest absolute Gasteiger partial charge is 0.319 e. The van der Waals surface area contributed by atoms with E-state index >= 15 is 0 Å². The Labute approximate surface area is 164 Å². The van der Waals surface area contributed by atoms with Crippen LogP contribution in [0.15, 0.2) is 85.1 Å². The van der Waals surface area contributed by atoms with E-state index in [1.54, 1.807) is 0 Å². The van der Waals surface area contributed by atoms with Gasteiger partial charge in [-0.25, -0.2) is 4.79 Å². The molecular formula is C24H23N3O. The highest BCUT2D eigenvalue weighted by Gasteiger charge is 2.18. The van der Waals surface area contributed by atoms with Crippen molar-refractivity contribution in [3.63, 3.8) is 0 Å². The van der Waals surface area contributed by atoms with Crippen LogP contribution in [0.2, 0.25) is 0 Å². The Balaban J connectivity index is 1.55. The van der Waals surface area contributed by atoms with Gasteiger partial charge in [-0.15, -0.1) is 0 Å². The van der Waals surface area contributed by atoms with Crippen LogP contribution in [-0.4, -0.2) is 17.6 Å². The number of hydrogen-bond donors (Lipinski definition) is 3. The average Bonchev–Trinajstić information content (AvgIpc) is 3.15. The lowest BCUT2D eigenvalue weighted by Gasteiger charge is -2.18. The summed E-state index contributed by atoms with van der Waals surface area (Å²) in [4.78, 5) is 15.8. The van der Waals surface area contributed by atoms with E-state index in [-0.39, 0.29) is 11.9 Å². The molecule has 4 aromatic rings. The monoisotopic (exact) mass is 369 g/mol. The number of carbonyl (C=O) groups is 1. The number of carbonyl (C=O) groups excluding carboxylic acids is 1. The molecule has 28 heavy (non-hydrogen) atoms. The minimum absolute atomic E-state index is 0.0566. The van der Waals surface area contributed by atoms with Crippen molar-refractivity contribution >= 4 is 22.6 Å². The van der Waals surface area contributed by atoms with E-state index in [9.17, 15) is 4.79 Å². The summed E-state index contributed by atoms with van der Waals surface area (Å²) in [5, 5.41) is 7.11. The molecule has 2 amide bonds. The Bertz CT molecular complexity index is 1070. The van der Waals surface area contributed by atoms with E-state index in [4.69, 9.17) is 0 Å². The fourth-order valence-corrected chi connectivity index (χ4v) is 3.48. The highest BCUT2D eigenvalue weighted by molar-refractivity contribution is 5.89. The number of hydrogen-bond acceptors (Lipinski definition) is 1. The number of amides is 2. The third kappa shape index (κ3) is 3.91. The predicted octanol–water partition coefficient (Wildman–Crippen LogP) is 5.43. The number of H-pyrrole nitrogens is 1. The lowest BCUT2D eigenvalue weighted by Crippen LogP contribution is -2.32. The van der Waals surface area contributed by atoms with Crippen LogP contribution < -0.4 is 10.6 Å². The van der Waals surface area contributed by atoms with Gasteiger partial charge in [0, 0.05) is 35.2 Å². The SMILES string of the molecule is Cc1ccc(NC(=O)NC[C@@H](c2ccccc2)c2c[nH]c3ccccc23)cc1. The number of aryl methyl sites for hydroxylation is 1. The molecule has 1 atom stereocenters. The molecule has 0 aliphatic rings. The van der Waals surface area contributed by atoms with E-state index in [2.05, 4.69) is 39.9 Å². The van der Waals surface area contributed by atoms with Gasteiger partial charge < -0.3 is 15.6 Å². The molecule has 4 heteroatoms. The largest absolute Gasteiger partial charge is 0.361 e. The maximum atomic E-state index is 12.4. The first-order valence-electron chi connectivity index (χ1n) is 9.43. The Morgan fingerprint density at radius 1 is 0.929 bits per heavy atom. The molecule has 0 bridgehead atoms. The van der Waals surface area contributed by atoms with Gasteiger partial charge >= 0.3 is 6.03 Å². The van der Waals surface area contributed by atoms with Crippen LogP contribution in [0.4, 0.5) is 10.5 Å². The quantitative estimate of drug-likeness (QED) is 0.432. The van der Waals surface area contributed by atoms with Crippen molar-refractivity contribution in [2.45, 2.75) is 12.8 Å². The third-order valence-corrected chi connectivity index (χ3v) is 4.97. The van der Waals surface area contributed by atoms with Gasteiger partial charge in [-0.2, -0.15) is 0 Å². The highest BCUT2D eigenvalue weighted by Crippen LogP contribution is 2.30. The van der Waals surface area contributed by atoms with Gasteiger partial charge in [-0.05, 0) is 36.2 Å². The summed E-state index contributed by atoms with van der Waals surface area (Å²) in [7, 11) is 0. The zero-order valence-corrected chi connectivity index (χ0v) is 15.8. The summed E-state index contributed by atoms with van der Waals surface area (Å²) in [5.74, 6) is 0.0566. The average molecular weight is 369 g/mol. The first kappa shape index (κ1) is 17.9. The van der Waals surface area contributed by atoms with Gasteiger partial charge in [0.25, 0.3) is 0 Å². The van der Waals surface area contributed by atoms with E-state index in [1.165, 1.54) is 16.5 Å². The number of rotatable bonds is 5. The summed E-state index contributed by atoms with van der Waals surface area (Å²) in [6, 6.07) is 26.1. The fourth-order valence-electron chi connectivity index (χ4n) is 3.48. The number of benzene rings is 3. The Kier molecular flexibility index (Phi) is 5.11. The molecule has 0 saturated carbocycles. The molecule has 4 rings (SSSR count). The van der Waals surface area contributed by atoms with Crippen LogP contribution in [0.5, 0.6) is 0 Å². The van der Waals surface area contributed by atoms with E-state index in [1.807, 2.05) is 67.7 Å². The molecular weight excluding hydrogens is 346 g/mol. The van der Waals surface area contributed by atoms with E-state index in [0.717, 1.165) is 16.8 Å². The van der Waals surface area contributed by atoms with Crippen LogP contribution in [0.1, 0.15) is 22.6 Å². The van der Waals surface area contributed by atoms with Crippen molar-refractivity contribution in [3.8, 4) is 0 Å². The second-order valence-electron chi connectivity index (χ2n) is 6.95. The van der Waals surface area contributed by atoms with Crippen molar-refractivity contribution in [2.75, 3.05) is 11.9 Å². The van der Waals surface area contributed by atoms with Gasteiger partial charge in [-0.3, -0.25) is 0 Å². The standard InChI is InChI=1S/C24H23N3O/c1-17-11-13-19(14-12-17)27-24(28)26-15-21(18-7-3-2-4-8-18)22-16-25-23-10-6-5-9-20(22)23/h2-14,16,21,25H,15H2,1H3,(H2,26,27,28)/t21-/m0/s1. The molecule has 1 heterocycles. The normalized spacial score (nSPS) is 11.9. The number of aromatic amines is 1. The van der Waals surface area contributed by atoms with Gasteiger partial charge in [0.05, 0.1) is 0 Å². The molecule has 0 radical (unpaired) electrons. The number of urea groups is 1. The van der Waals surface area contributed by atoms with Crippen LogP contribution in [0.25, 0.3) is 10.9 Å². The van der Waals surface area contributed by atoms with Crippen molar-refractivity contribution in [1.29, 1.82) is 0 Å². The summed E-state index contributed by atoms with van der Waals surface area (Å²) >= 11 is 0. The maximum Gasteiger partial charge on any atom is 0.319 e. The minimum atomic E-state index is -0.204. The number of nitrogens with one attached hydrogen (secondary N) is 3. The van der Waals surface area contributed by atoms with Crippen LogP contribution in [0.3, 0.4) is 0 Å². The molecule has 3 aromatic carbocycles. The zero-order chi connectivity index (χ0) is 19.3. The molecule has 0 aliphatic carbocycles. The summed E-state index contributed by atoms with van der Waals surface area (Å²) in [5.41, 5.74) is 5.39. The molecule has 0 spiro atoms. The number of fused-ring (bicyclic) bond motifs is 1. The topological polar surface area (TPSA) is 56.9 Å². The van der Waals surface area contributed by atoms with Gasteiger partial charge in [0.2, 0.25) is 0 Å². The van der Waals surface area contributed by atoms with Crippen LogP contribution in [0, 0.1) is 6.92 Å². The maximum absolute atomic E-state index is 12.4. The zero-order valence-electron chi connectivity index (χ0n) is 15.8. The second-order valence-corrected chi connectivity index (χ2v) is 6.95. The molecule has 3 N–H and O–H groups in total. The Hall–Kier alpha value is -3.53. The van der Waals surface area contributed by atoms with Crippen molar-refractivity contribution in [2.24, 2.45) is 0 Å². The van der Waals surface area contributed by atoms with E-state index in [0.29, 0.717) is 6.54 Å². The summed E-state index contributed by atoms with van der Waals surface area (Å²) in [6.45, 7) is 2.53. The third-order valence-electron chi connectivity index (χ3n) is 4.97. The summed E-state index contributed by atoms with van der Waals surface area (Å²) < 4.78 is 0. The predicted molar refractivity (Wildman–Crippen MR) is 115 cm³/mol. The number of aromatic nitrogens is 1. The molecule has 0 saturated heterocycles. The second kappa shape index (κ2) is 8.01. The lowest BCUT2D eigenvalue weighted by atomic mass is 9.91. The van der Waals surface area contributed by atoms with Crippen molar-refractivity contribution < 1.29 is 4.79 Å². The van der Waals surface area contributed by atoms with Crippen molar-refractivity contribution in [1.82, 2.24) is 10.3 Å². The molecule has 0 fully saturated rings. The minimum Gasteiger partial charge on any atom is -0.361 e. The molecule has 0 aliphatic heterocycles. The molecule has 1 aromatic heterocycles. The first-order chi connectivity index (χ1) is 13.7. The highest BCUT2D eigenvalue weighted by atomic mass is 16.2. The Morgan fingerprint density at radius 2 is 1.64 bits per heavy atom. The fraction of sp³-hybridized carbons (Fsp3) is 0.125. The number of para-hydroxylation sites is 1. The van der Waals surface area contributed by atoms with Gasteiger partial charge in [0.15, 0.2) is 0 Å². The van der Waals surface area contributed by atoms with Crippen molar-refractivity contribution in [3.05, 3.63) is 102 Å². The molecule has 4 nitrogen and oxygen atoms in total. The first-order valence-corrected chi connectivity index (χ1v) is 9.43. The van der Waals surface area contributed by atoms with Crippen LogP contribution in [-0.2, 0) is 0 Å².